The molecule has 1 aliphatic rings. The molecule has 2 nitrogen and oxygen atoms in total. The summed E-state index contributed by atoms with van der Waals surface area (Å²) in [6, 6.07) is 41.0. The minimum Gasteiger partial charge on any atom is -0.427 e. The zero-order valence-electron chi connectivity index (χ0n) is 23.3. The van der Waals surface area contributed by atoms with Gasteiger partial charge in [0.05, 0.1) is 6.16 Å². The summed E-state index contributed by atoms with van der Waals surface area (Å²) in [5, 5.41) is 4.32. The van der Waals surface area contributed by atoms with E-state index in [1.807, 2.05) is 24.3 Å². The Morgan fingerprint density at radius 3 is 1.66 bits per heavy atom. The first-order valence-electron chi connectivity index (χ1n) is 14.3. The monoisotopic (exact) mass is 595 g/mol. The van der Waals surface area contributed by atoms with Crippen LogP contribution in [-0.4, -0.2) is 12.1 Å². The molecule has 0 saturated carbocycles. The Labute approximate surface area is 253 Å². The largest absolute Gasteiger partial charge is 0.427 e. The van der Waals surface area contributed by atoms with Crippen LogP contribution in [0.3, 0.4) is 0 Å². The maximum Gasteiger partial charge on any atom is 0.311 e. The Morgan fingerprint density at radius 2 is 1.15 bits per heavy atom. The molecule has 0 unspecified atom stereocenters. The third kappa shape index (κ3) is 7.63. The van der Waals surface area contributed by atoms with Gasteiger partial charge in [-0.3, -0.25) is 4.79 Å². The van der Waals surface area contributed by atoms with Crippen molar-refractivity contribution >= 4 is 55.6 Å². The number of allylic oxidation sites excluding steroid dienone is 1. The van der Waals surface area contributed by atoms with Crippen LogP contribution in [0.5, 0.6) is 5.75 Å². The average Bonchev–Trinajstić information content (AvgIpc) is 3.46. The second-order valence-corrected chi connectivity index (χ2v) is 16.1. The molecule has 41 heavy (non-hydrogen) atoms. The first-order valence-corrected chi connectivity index (χ1v) is 18.4. The Morgan fingerprint density at radius 1 is 0.634 bits per heavy atom. The maximum absolute atomic E-state index is 12.4. The average molecular weight is 596 g/mol. The molecule has 1 heterocycles. The number of carbonyl (C=O) groups is 1. The summed E-state index contributed by atoms with van der Waals surface area (Å²) in [7, 11) is 1.63. The van der Waals surface area contributed by atoms with Crippen molar-refractivity contribution in [1.82, 2.24) is 0 Å². The van der Waals surface area contributed by atoms with E-state index >= 15 is 0 Å². The van der Waals surface area contributed by atoms with Crippen molar-refractivity contribution in [2.45, 2.75) is 38.5 Å². The van der Waals surface area contributed by atoms with Crippen LogP contribution in [0.15, 0.2) is 133 Å². The fourth-order valence-corrected chi connectivity index (χ4v) is 11.8. The Kier molecular flexibility index (Phi) is 10.6. The zero-order chi connectivity index (χ0) is 28.3. The molecule has 0 spiro atoms. The summed E-state index contributed by atoms with van der Waals surface area (Å²) in [6.07, 6.45) is 9.01. The molecular formula is C36H36O2PS2+. The van der Waals surface area contributed by atoms with Crippen molar-refractivity contribution in [1.29, 1.82) is 0 Å². The van der Waals surface area contributed by atoms with Gasteiger partial charge in [-0.05, 0) is 79.4 Å². The van der Waals surface area contributed by atoms with E-state index in [0.717, 1.165) is 48.7 Å². The third-order valence-electron chi connectivity index (χ3n) is 7.37. The van der Waals surface area contributed by atoms with E-state index in [2.05, 4.69) is 104 Å². The molecule has 4 aromatic rings. The summed E-state index contributed by atoms with van der Waals surface area (Å²) < 4.78 is 5.59. The van der Waals surface area contributed by atoms with Crippen LogP contribution in [0.4, 0.5) is 0 Å². The van der Waals surface area contributed by atoms with Crippen LogP contribution in [0, 0.1) is 0 Å². The van der Waals surface area contributed by atoms with Crippen LogP contribution in [0.1, 0.15) is 44.1 Å². The Bertz CT molecular complexity index is 1360. The predicted molar refractivity (Wildman–Crippen MR) is 182 cm³/mol. The molecule has 4 aromatic carbocycles. The van der Waals surface area contributed by atoms with Gasteiger partial charge in [-0.2, -0.15) is 0 Å². The van der Waals surface area contributed by atoms with Gasteiger partial charge in [-0.25, -0.2) is 0 Å². The van der Waals surface area contributed by atoms with Gasteiger partial charge in [0.25, 0.3) is 0 Å². The van der Waals surface area contributed by atoms with E-state index in [1.165, 1.54) is 20.8 Å². The lowest BCUT2D eigenvalue weighted by molar-refractivity contribution is -0.134. The number of esters is 1. The van der Waals surface area contributed by atoms with Crippen molar-refractivity contribution in [3.05, 3.63) is 138 Å². The van der Waals surface area contributed by atoms with E-state index < -0.39 is 7.26 Å². The fraction of sp³-hybridized carbons (Fsp3) is 0.194. The van der Waals surface area contributed by atoms with Crippen molar-refractivity contribution < 1.29 is 9.53 Å². The molecule has 0 aromatic heterocycles. The van der Waals surface area contributed by atoms with Crippen molar-refractivity contribution in [2.24, 2.45) is 0 Å². The van der Waals surface area contributed by atoms with Gasteiger partial charge in [0.15, 0.2) is 0 Å². The summed E-state index contributed by atoms with van der Waals surface area (Å²) in [5.74, 6) is 0.454. The smallest absolute Gasteiger partial charge is 0.311 e. The third-order valence-corrected chi connectivity index (χ3v) is 14.3. The number of rotatable bonds is 13. The minimum absolute atomic E-state index is 0.154. The molecule has 0 atom stereocenters. The molecule has 0 amide bonds. The van der Waals surface area contributed by atoms with Crippen molar-refractivity contribution in [3.8, 4) is 5.75 Å². The lowest BCUT2D eigenvalue weighted by Crippen LogP contribution is -2.33. The summed E-state index contributed by atoms with van der Waals surface area (Å²) in [6.45, 7) is 3.98. The predicted octanol–water partition coefficient (Wildman–Crippen LogP) is 9.18. The van der Waals surface area contributed by atoms with Gasteiger partial charge in [0, 0.05) is 16.2 Å². The molecule has 0 aliphatic carbocycles. The second kappa shape index (κ2) is 14.7. The van der Waals surface area contributed by atoms with Gasteiger partial charge >= 0.3 is 5.97 Å². The second-order valence-electron chi connectivity index (χ2n) is 10.2. The first kappa shape index (κ1) is 29.5. The van der Waals surface area contributed by atoms with Crippen LogP contribution in [0.25, 0.3) is 4.91 Å². The Hall–Kier alpha value is -3.04. The van der Waals surface area contributed by atoms with Gasteiger partial charge < -0.3 is 4.74 Å². The zero-order valence-corrected chi connectivity index (χ0v) is 25.8. The summed E-state index contributed by atoms with van der Waals surface area (Å²) in [5.41, 5.74) is 1.12. The molecule has 208 valence electrons. The Balaban J connectivity index is 1.12. The lowest BCUT2D eigenvalue weighted by atomic mass is 10.1. The van der Waals surface area contributed by atoms with Gasteiger partial charge in [0.1, 0.15) is 28.9 Å². The lowest BCUT2D eigenvalue weighted by Gasteiger charge is -2.27. The van der Waals surface area contributed by atoms with E-state index in [0.29, 0.717) is 12.2 Å². The molecular weight excluding hydrogens is 560 g/mol. The van der Waals surface area contributed by atoms with Gasteiger partial charge in [-0.15, -0.1) is 0 Å². The van der Waals surface area contributed by atoms with Crippen LogP contribution in [-0.2, 0) is 4.79 Å². The number of hydrogen-bond donors (Lipinski definition) is 0. The number of hydrogen-bond acceptors (Lipinski definition) is 4. The highest BCUT2D eigenvalue weighted by Crippen LogP contribution is 2.56. The highest BCUT2D eigenvalue weighted by molar-refractivity contribution is 8.82. The first-order chi connectivity index (χ1) is 20.1. The van der Waals surface area contributed by atoms with Crippen LogP contribution < -0.4 is 20.7 Å². The molecule has 0 bridgehead atoms. The summed E-state index contributed by atoms with van der Waals surface area (Å²) in [4.78, 5) is 14.7. The van der Waals surface area contributed by atoms with Gasteiger partial charge in [0.2, 0.25) is 0 Å². The molecule has 1 aliphatic heterocycles. The number of ether oxygens (including phenoxy) is 1. The molecule has 0 fully saturated rings. The molecule has 0 radical (unpaired) electrons. The molecule has 0 N–H and O–H groups in total. The summed E-state index contributed by atoms with van der Waals surface area (Å²) >= 11 is 0. The van der Waals surface area contributed by atoms with E-state index in [4.69, 9.17) is 4.74 Å². The highest BCUT2D eigenvalue weighted by Gasteiger charge is 2.44. The van der Waals surface area contributed by atoms with E-state index in [1.54, 1.807) is 21.6 Å². The van der Waals surface area contributed by atoms with Gasteiger partial charge in [-0.1, -0.05) is 108 Å². The molecule has 5 heteroatoms. The van der Waals surface area contributed by atoms with Crippen molar-refractivity contribution in [2.75, 3.05) is 6.16 Å². The normalized spacial score (nSPS) is 13.2. The fourth-order valence-electron chi connectivity index (χ4n) is 5.32. The van der Waals surface area contributed by atoms with Crippen molar-refractivity contribution in [3.63, 3.8) is 0 Å². The minimum atomic E-state index is -1.76. The topological polar surface area (TPSA) is 26.3 Å². The van der Waals surface area contributed by atoms with E-state index in [-0.39, 0.29) is 5.97 Å². The molecule has 5 rings (SSSR count). The van der Waals surface area contributed by atoms with Crippen LogP contribution in [0.2, 0.25) is 0 Å². The number of benzene rings is 4. The van der Waals surface area contributed by atoms with E-state index in [9.17, 15) is 4.79 Å². The maximum atomic E-state index is 12.4. The quantitative estimate of drug-likeness (QED) is 0.0506. The highest BCUT2D eigenvalue weighted by atomic mass is 33.1. The molecule has 0 saturated heterocycles. The SMILES string of the molecule is C=C1C=C(c2ccc(OC(=O)CCCCCCC[P+](c3ccccc3)(c3ccccc3)c3ccccc3)cc2)SS1. The standard InChI is InChI=1S/C36H36O2PS2/c1-29-28-35(41-40-29)30-23-25-31(26-24-30)38-36(37)22-14-3-2-4-15-27-39(32-16-8-5-9-17-32,33-18-10-6-11-19-33)34-20-12-7-13-21-34/h5-13,16-21,23-26,28H,1-4,14-15,22,27H2/q+1. The number of unbranched alkanes of at least 4 members (excludes halogenated alkanes) is 4. The van der Waals surface area contributed by atoms with Crippen LogP contribution >= 0.6 is 28.9 Å². The number of carbonyl (C=O) groups excluding carboxylic acids is 1.